The van der Waals surface area contributed by atoms with Crippen molar-refractivity contribution in [3.05, 3.63) is 47.7 Å². The second-order valence-corrected chi connectivity index (χ2v) is 4.47. The lowest BCUT2D eigenvalue weighted by molar-refractivity contribution is 0.264. The fraction of sp³-hybridized carbons (Fsp3) is 0.400. The molecule has 0 saturated carbocycles. The zero-order chi connectivity index (χ0) is 13.5. The average molecular weight is 260 g/mol. The maximum atomic E-state index is 5.77. The Morgan fingerprint density at radius 3 is 3.05 bits per heavy atom. The fourth-order valence-corrected chi connectivity index (χ4v) is 1.80. The molecule has 4 nitrogen and oxygen atoms in total. The highest BCUT2D eigenvalue weighted by Gasteiger charge is 2.07. The van der Waals surface area contributed by atoms with E-state index in [-0.39, 0.29) is 0 Å². The molecule has 0 unspecified atom stereocenters. The number of rotatable bonds is 7. The number of hydrogen-bond acceptors (Lipinski definition) is 4. The van der Waals surface area contributed by atoms with Gasteiger partial charge >= 0.3 is 0 Å². The van der Waals surface area contributed by atoms with E-state index in [1.807, 2.05) is 18.2 Å². The molecule has 1 N–H and O–H groups in total. The number of nitrogens with one attached hydrogen (secondary N) is 1. The molecule has 0 aromatic carbocycles. The van der Waals surface area contributed by atoms with E-state index in [2.05, 4.69) is 24.1 Å². The first-order chi connectivity index (χ1) is 9.29. The van der Waals surface area contributed by atoms with Gasteiger partial charge in [0, 0.05) is 6.20 Å². The van der Waals surface area contributed by atoms with E-state index >= 15 is 0 Å². The van der Waals surface area contributed by atoms with Crippen LogP contribution in [0.15, 0.2) is 35.0 Å². The minimum atomic E-state index is 0.431. The van der Waals surface area contributed by atoms with Gasteiger partial charge in [0.05, 0.1) is 12.7 Å². The molecule has 19 heavy (non-hydrogen) atoms. The van der Waals surface area contributed by atoms with Crippen molar-refractivity contribution in [3.63, 3.8) is 0 Å². The van der Waals surface area contributed by atoms with Gasteiger partial charge in [0.25, 0.3) is 0 Å². The number of aromatic nitrogens is 1. The first-order valence-corrected chi connectivity index (χ1v) is 6.61. The van der Waals surface area contributed by atoms with Crippen molar-refractivity contribution in [3.8, 4) is 5.75 Å². The number of hydrogen-bond donors (Lipinski definition) is 1. The van der Waals surface area contributed by atoms with E-state index in [9.17, 15) is 0 Å². The van der Waals surface area contributed by atoms with Gasteiger partial charge in [-0.1, -0.05) is 6.92 Å². The van der Waals surface area contributed by atoms with Gasteiger partial charge in [0.15, 0.2) is 0 Å². The Balaban J connectivity index is 1.89. The van der Waals surface area contributed by atoms with Gasteiger partial charge in [0.1, 0.15) is 23.9 Å². The summed E-state index contributed by atoms with van der Waals surface area (Å²) in [6.45, 7) is 6.41. The third kappa shape index (κ3) is 4.10. The summed E-state index contributed by atoms with van der Waals surface area (Å²) in [5.74, 6) is 2.58. The summed E-state index contributed by atoms with van der Waals surface area (Å²) in [4.78, 5) is 4.00. The molecule has 2 aromatic heterocycles. The zero-order valence-corrected chi connectivity index (χ0v) is 11.5. The molecule has 0 aliphatic rings. The molecular formula is C15H20N2O2. The van der Waals surface area contributed by atoms with Gasteiger partial charge in [-0.3, -0.25) is 4.98 Å². The number of nitrogens with zero attached hydrogens (tertiary/aromatic N) is 1. The molecule has 2 heterocycles. The van der Waals surface area contributed by atoms with Gasteiger partial charge in [-0.15, -0.1) is 0 Å². The van der Waals surface area contributed by atoms with Crippen LogP contribution in [0.5, 0.6) is 5.75 Å². The van der Waals surface area contributed by atoms with Gasteiger partial charge in [-0.05, 0) is 43.7 Å². The highest BCUT2D eigenvalue weighted by atomic mass is 16.5. The van der Waals surface area contributed by atoms with E-state index in [1.165, 1.54) is 0 Å². The van der Waals surface area contributed by atoms with Crippen LogP contribution in [0, 0.1) is 6.92 Å². The van der Waals surface area contributed by atoms with E-state index in [0.29, 0.717) is 6.61 Å². The van der Waals surface area contributed by atoms with E-state index < -0.39 is 0 Å². The lowest BCUT2D eigenvalue weighted by Gasteiger charge is -2.03. The molecule has 0 fully saturated rings. The Bertz CT molecular complexity index is 494. The van der Waals surface area contributed by atoms with Crippen LogP contribution in [0.4, 0.5) is 0 Å². The van der Waals surface area contributed by atoms with Crippen molar-refractivity contribution in [2.45, 2.75) is 33.4 Å². The first-order valence-electron chi connectivity index (χ1n) is 6.61. The summed E-state index contributed by atoms with van der Waals surface area (Å²) in [5.41, 5.74) is 1.16. The SMILES string of the molecule is CCCNCc1oc(COc2cccnc2)cc1C. The molecule has 2 aromatic rings. The number of pyridine rings is 1. The summed E-state index contributed by atoms with van der Waals surface area (Å²) in [6, 6.07) is 5.76. The van der Waals surface area contributed by atoms with Crippen LogP contribution in [-0.2, 0) is 13.2 Å². The lowest BCUT2D eigenvalue weighted by atomic mass is 10.2. The highest BCUT2D eigenvalue weighted by Crippen LogP contribution is 2.17. The molecule has 4 heteroatoms. The second kappa shape index (κ2) is 6.95. The highest BCUT2D eigenvalue weighted by molar-refractivity contribution is 5.21. The summed E-state index contributed by atoms with van der Waals surface area (Å²) >= 11 is 0. The largest absolute Gasteiger partial charge is 0.484 e. The molecule has 0 atom stereocenters. The Labute approximate surface area is 113 Å². The molecular weight excluding hydrogens is 240 g/mol. The minimum absolute atomic E-state index is 0.431. The van der Waals surface area contributed by atoms with Crippen LogP contribution in [0.1, 0.15) is 30.4 Å². The van der Waals surface area contributed by atoms with Crippen LogP contribution < -0.4 is 10.1 Å². The van der Waals surface area contributed by atoms with Crippen LogP contribution in [0.2, 0.25) is 0 Å². The predicted molar refractivity (Wildman–Crippen MR) is 74.0 cm³/mol. The quantitative estimate of drug-likeness (QED) is 0.777. The summed E-state index contributed by atoms with van der Waals surface area (Å²) < 4.78 is 11.4. The van der Waals surface area contributed by atoms with Crippen molar-refractivity contribution in [1.29, 1.82) is 0 Å². The van der Waals surface area contributed by atoms with Crippen LogP contribution >= 0.6 is 0 Å². The number of aryl methyl sites for hydroxylation is 1. The van der Waals surface area contributed by atoms with E-state index in [1.54, 1.807) is 12.4 Å². The first kappa shape index (κ1) is 13.6. The van der Waals surface area contributed by atoms with E-state index in [0.717, 1.165) is 42.3 Å². The number of ether oxygens (including phenoxy) is 1. The molecule has 0 spiro atoms. The summed E-state index contributed by atoms with van der Waals surface area (Å²) in [7, 11) is 0. The summed E-state index contributed by atoms with van der Waals surface area (Å²) in [6.07, 6.45) is 4.54. The Hall–Kier alpha value is -1.81. The molecule has 0 aliphatic heterocycles. The Morgan fingerprint density at radius 1 is 1.42 bits per heavy atom. The van der Waals surface area contributed by atoms with Crippen molar-refractivity contribution < 1.29 is 9.15 Å². The maximum Gasteiger partial charge on any atom is 0.146 e. The van der Waals surface area contributed by atoms with Gasteiger partial charge in [-0.25, -0.2) is 0 Å². The van der Waals surface area contributed by atoms with Gasteiger partial charge in [-0.2, -0.15) is 0 Å². The van der Waals surface area contributed by atoms with Crippen LogP contribution in [0.3, 0.4) is 0 Å². The summed E-state index contributed by atoms with van der Waals surface area (Å²) in [5, 5.41) is 3.33. The Kier molecular flexibility index (Phi) is 4.98. The van der Waals surface area contributed by atoms with Gasteiger partial charge in [0.2, 0.25) is 0 Å². The smallest absolute Gasteiger partial charge is 0.146 e. The molecule has 0 bridgehead atoms. The van der Waals surface area contributed by atoms with Crippen molar-refractivity contribution in [2.24, 2.45) is 0 Å². The van der Waals surface area contributed by atoms with E-state index in [4.69, 9.17) is 9.15 Å². The standard InChI is InChI=1S/C15H20N2O2/c1-3-6-16-10-15-12(2)8-14(19-15)11-18-13-5-4-7-17-9-13/h4-5,7-9,16H,3,6,10-11H2,1-2H3. The molecule has 0 amide bonds. The average Bonchev–Trinajstić information content (AvgIpc) is 2.79. The molecule has 0 aliphatic carbocycles. The lowest BCUT2D eigenvalue weighted by Crippen LogP contribution is -2.13. The number of furan rings is 1. The van der Waals surface area contributed by atoms with Crippen LogP contribution in [-0.4, -0.2) is 11.5 Å². The zero-order valence-electron chi connectivity index (χ0n) is 11.5. The van der Waals surface area contributed by atoms with Crippen molar-refractivity contribution in [1.82, 2.24) is 10.3 Å². The third-order valence-corrected chi connectivity index (χ3v) is 2.80. The third-order valence-electron chi connectivity index (χ3n) is 2.80. The Morgan fingerprint density at radius 2 is 2.32 bits per heavy atom. The monoisotopic (exact) mass is 260 g/mol. The van der Waals surface area contributed by atoms with Gasteiger partial charge < -0.3 is 14.5 Å². The van der Waals surface area contributed by atoms with Crippen LogP contribution in [0.25, 0.3) is 0 Å². The molecule has 2 rings (SSSR count). The molecule has 0 radical (unpaired) electrons. The van der Waals surface area contributed by atoms with Crippen molar-refractivity contribution >= 4 is 0 Å². The minimum Gasteiger partial charge on any atom is -0.484 e. The fourth-order valence-electron chi connectivity index (χ4n) is 1.80. The maximum absolute atomic E-state index is 5.77. The normalized spacial score (nSPS) is 10.6. The topological polar surface area (TPSA) is 47.3 Å². The predicted octanol–water partition coefficient (Wildman–Crippen LogP) is 3.06. The van der Waals surface area contributed by atoms with Crippen molar-refractivity contribution in [2.75, 3.05) is 6.54 Å². The second-order valence-electron chi connectivity index (χ2n) is 4.47. The molecule has 0 saturated heterocycles. The molecule has 102 valence electrons.